The molecule has 80 valence electrons. The van der Waals surface area contributed by atoms with Crippen molar-refractivity contribution in [1.29, 1.82) is 0 Å². The minimum Gasteiger partial charge on any atom is -0.295 e. The molecule has 0 bridgehead atoms. The number of hydrogen-bond donors (Lipinski definition) is 0. The van der Waals surface area contributed by atoms with Gasteiger partial charge in [-0.2, -0.15) is 0 Å². The number of hydrogen-bond acceptors (Lipinski definition) is 1. The zero-order valence-corrected chi connectivity index (χ0v) is 9.73. The number of carbonyl (C=O) groups excluding carboxylic acids is 1. The second-order valence-electron chi connectivity index (χ2n) is 5.17. The highest BCUT2D eigenvalue weighted by Crippen LogP contribution is 2.38. The maximum Gasteiger partial charge on any atom is 0.159 e. The van der Waals surface area contributed by atoms with E-state index in [1.807, 2.05) is 0 Å². The van der Waals surface area contributed by atoms with Crippen LogP contribution in [0.25, 0.3) is 0 Å². The first-order valence-electron chi connectivity index (χ1n) is 5.77. The van der Waals surface area contributed by atoms with Crippen LogP contribution in [0.4, 0.5) is 0 Å². The second-order valence-corrected chi connectivity index (χ2v) is 5.17. The highest BCUT2D eigenvalue weighted by molar-refractivity contribution is 5.98. The number of carbonyl (C=O) groups is 1. The molecule has 0 aromatic rings. The lowest BCUT2D eigenvalue weighted by Gasteiger charge is -2.12. The topological polar surface area (TPSA) is 17.1 Å². The van der Waals surface area contributed by atoms with Crippen molar-refractivity contribution in [3.05, 3.63) is 11.6 Å². The molecule has 1 fully saturated rings. The van der Waals surface area contributed by atoms with E-state index in [4.69, 9.17) is 0 Å². The normalized spacial score (nSPS) is 23.4. The first-order chi connectivity index (χ1) is 6.55. The van der Waals surface area contributed by atoms with Gasteiger partial charge in [0.25, 0.3) is 0 Å². The van der Waals surface area contributed by atoms with E-state index in [0.29, 0.717) is 5.78 Å². The lowest BCUT2D eigenvalue weighted by molar-refractivity contribution is -0.115. The predicted molar refractivity (Wildman–Crippen MR) is 60.2 cm³/mol. The van der Waals surface area contributed by atoms with E-state index in [1.54, 1.807) is 0 Å². The van der Waals surface area contributed by atoms with Crippen LogP contribution in [0, 0.1) is 5.41 Å². The zero-order chi connectivity index (χ0) is 10.6. The standard InChI is InChI=1S/C13H22O/c1-4-5-6-7-8-11-9-13(2,3)10-12(11)14/h8H,4-7,9-10H2,1-3H3/b11-8-. The van der Waals surface area contributed by atoms with E-state index in [0.717, 1.165) is 24.8 Å². The van der Waals surface area contributed by atoms with Gasteiger partial charge in [-0.15, -0.1) is 0 Å². The molecule has 1 rings (SSSR count). The monoisotopic (exact) mass is 194 g/mol. The summed E-state index contributed by atoms with van der Waals surface area (Å²) in [7, 11) is 0. The van der Waals surface area contributed by atoms with Gasteiger partial charge in [0, 0.05) is 6.42 Å². The van der Waals surface area contributed by atoms with Crippen molar-refractivity contribution in [1.82, 2.24) is 0 Å². The van der Waals surface area contributed by atoms with Gasteiger partial charge in [0.05, 0.1) is 0 Å². The molecule has 0 unspecified atom stereocenters. The summed E-state index contributed by atoms with van der Waals surface area (Å²) in [4.78, 5) is 11.6. The Morgan fingerprint density at radius 2 is 2.00 bits per heavy atom. The highest BCUT2D eigenvalue weighted by Gasteiger charge is 2.32. The van der Waals surface area contributed by atoms with Crippen LogP contribution in [-0.2, 0) is 4.79 Å². The smallest absolute Gasteiger partial charge is 0.159 e. The van der Waals surface area contributed by atoms with Crippen LogP contribution in [0.2, 0.25) is 0 Å². The summed E-state index contributed by atoms with van der Waals surface area (Å²) in [6.07, 6.45) is 8.75. The van der Waals surface area contributed by atoms with Gasteiger partial charge in [-0.05, 0) is 30.3 Å². The number of rotatable bonds is 4. The largest absolute Gasteiger partial charge is 0.295 e. The molecule has 1 aliphatic rings. The van der Waals surface area contributed by atoms with Crippen LogP contribution in [-0.4, -0.2) is 5.78 Å². The minimum atomic E-state index is 0.216. The van der Waals surface area contributed by atoms with Crippen LogP contribution in [0.5, 0.6) is 0 Å². The quantitative estimate of drug-likeness (QED) is 0.490. The fourth-order valence-electron chi connectivity index (χ4n) is 2.08. The summed E-state index contributed by atoms with van der Waals surface area (Å²) in [5.41, 5.74) is 1.30. The molecule has 0 aromatic heterocycles. The minimum absolute atomic E-state index is 0.216. The molecule has 1 nitrogen and oxygen atoms in total. The average molecular weight is 194 g/mol. The van der Waals surface area contributed by atoms with Crippen LogP contribution >= 0.6 is 0 Å². The summed E-state index contributed by atoms with van der Waals surface area (Å²) in [6, 6.07) is 0. The Labute approximate surface area is 87.6 Å². The molecule has 14 heavy (non-hydrogen) atoms. The number of ketones is 1. The van der Waals surface area contributed by atoms with Crippen LogP contribution in [0.1, 0.15) is 59.3 Å². The Bertz CT molecular complexity index is 236. The highest BCUT2D eigenvalue weighted by atomic mass is 16.1. The molecule has 1 aliphatic carbocycles. The molecular formula is C13H22O. The van der Waals surface area contributed by atoms with Crippen molar-refractivity contribution in [2.24, 2.45) is 5.41 Å². The van der Waals surface area contributed by atoms with E-state index in [-0.39, 0.29) is 5.41 Å². The number of allylic oxidation sites excluding steroid dienone is 2. The van der Waals surface area contributed by atoms with Gasteiger partial charge in [0.2, 0.25) is 0 Å². The SMILES string of the molecule is CCCCC/C=C1/CC(C)(C)CC1=O. The van der Waals surface area contributed by atoms with Gasteiger partial charge in [-0.3, -0.25) is 4.79 Å². The lowest BCUT2D eigenvalue weighted by Crippen LogP contribution is -2.04. The Morgan fingerprint density at radius 1 is 1.29 bits per heavy atom. The summed E-state index contributed by atoms with van der Waals surface area (Å²) >= 11 is 0. The fraction of sp³-hybridized carbons (Fsp3) is 0.769. The molecule has 0 aliphatic heterocycles. The molecule has 0 aromatic carbocycles. The maximum absolute atomic E-state index is 11.6. The van der Waals surface area contributed by atoms with Crippen LogP contribution in [0.3, 0.4) is 0 Å². The van der Waals surface area contributed by atoms with Crippen LogP contribution < -0.4 is 0 Å². The molecule has 1 saturated carbocycles. The van der Waals surface area contributed by atoms with Crippen molar-refractivity contribution < 1.29 is 4.79 Å². The first-order valence-corrected chi connectivity index (χ1v) is 5.77. The molecule has 0 radical (unpaired) electrons. The van der Waals surface area contributed by atoms with E-state index < -0.39 is 0 Å². The third kappa shape index (κ3) is 3.28. The molecule has 0 atom stereocenters. The van der Waals surface area contributed by atoms with Gasteiger partial charge >= 0.3 is 0 Å². The van der Waals surface area contributed by atoms with Gasteiger partial charge in [0.1, 0.15) is 0 Å². The van der Waals surface area contributed by atoms with E-state index in [9.17, 15) is 4.79 Å². The van der Waals surface area contributed by atoms with Crippen molar-refractivity contribution in [3.63, 3.8) is 0 Å². The Morgan fingerprint density at radius 3 is 2.50 bits per heavy atom. The molecule has 0 spiro atoms. The molecule has 0 N–H and O–H groups in total. The van der Waals surface area contributed by atoms with Crippen molar-refractivity contribution in [3.8, 4) is 0 Å². The molecular weight excluding hydrogens is 172 g/mol. The van der Waals surface area contributed by atoms with Gasteiger partial charge < -0.3 is 0 Å². The first kappa shape index (κ1) is 11.5. The van der Waals surface area contributed by atoms with Crippen molar-refractivity contribution in [2.45, 2.75) is 59.3 Å². The third-order valence-electron chi connectivity index (χ3n) is 2.86. The van der Waals surface area contributed by atoms with Crippen molar-refractivity contribution >= 4 is 5.78 Å². The van der Waals surface area contributed by atoms with Gasteiger partial charge in [-0.25, -0.2) is 0 Å². The second kappa shape index (κ2) is 4.77. The van der Waals surface area contributed by atoms with E-state index in [2.05, 4.69) is 26.8 Å². The molecule has 1 heteroatoms. The summed E-state index contributed by atoms with van der Waals surface area (Å²) in [6.45, 7) is 6.56. The van der Waals surface area contributed by atoms with E-state index >= 15 is 0 Å². The molecule has 0 amide bonds. The number of unbranched alkanes of at least 4 members (excludes halogenated alkanes) is 3. The lowest BCUT2D eigenvalue weighted by atomic mass is 9.91. The third-order valence-corrected chi connectivity index (χ3v) is 2.86. The zero-order valence-electron chi connectivity index (χ0n) is 9.73. The summed E-state index contributed by atoms with van der Waals surface area (Å²) in [5, 5.41) is 0. The maximum atomic E-state index is 11.6. The Balaban J connectivity index is 2.41. The summed E-state index contributed by atoms with van der Waals surface area (Å²) < 4.78 is 0. The van der Waals surface area contributed by atoms with Crippen LogP contribution in [0.15, 0.2) is 11.6 Å². The van der Waals surface area contributed by atoms with Gasteiger partial charge in [-0.1, -0.05) is 39.7 Å². The fourth-order valence-corrected chi connectivity index (χ4v) is 2.08. The molecule has 0 heterocycles. The predicted octanol–water partition coefficient (Wildman–Crippen LogP) is 3.88. The average Bonchev–Trinajstić information content (AvgIpc) is 2.34. The number of Topliss-reactive ketones (excluding diaryl/α,β-unsaturated/α-hetero) is 1. The molecule has 0 saturated heterocycles. The Kier molecular flexibility index (Phi) is 3.91. The Hall–Kier alpha value is -0.590. The summed E-state index contributed by atoms with van der Waals surface area (Å²) in [5.74, 6) is 0.381. The van der Waals surface area contributed by atoms with E-state index in [1.165, 1.54) is 19.3 Å². The van der Waals surface area contributed by atoms with Gasteiger partial charge in [0.15, 0.2) is 5.78 Å². The van der Waals surface area contributed by atoms with Crippen molar-refractivity contribution in [2.75, 3.05) is 0 Å².